The van der Waals surface area contributed by atoms with Crippen molar-refractivity contribution in [3.8, 4) is 0 Å². The topological polar surface area (TPSA) is 101 Å². The number of hydrogen-bond donors (Lipinski definition) is 2. The molecule has 8 heteroatoms. The van der Waals surface area contributed by atoms with Crippen LogP contribution < -0.4 is 4.72 Å². The minimum atomic E-state index is -3.55. The van der Waals surface area contributed by atoms with Gasteiger partial charge < -0.3 is 5.11 Å². The maximum atomic E-state index is 12.0. The Morgan fingerprint density at radius 2 is 2.20 bits per heavy atom. The number of nitrogens with one attached hydrogen (secondary N) is 1. The van der Waals surface area contributed by atoms with Gasteiger partial charge in [-0.05, 0) is 24.8 Å². The van der Waals surface area contributed by atoms with Gasteiger partial charge in [0.2, 0.25) is 0 Å². The van der Waals surface area contributed by atoms with Crippen LogP contribution >= 0.6 is 0 Å². The van der Waals surface area contributed by atoms with E-state index in [0.29, 0.717) is 19.4 Å². The van der Waals surface area contributed by atoms with Gasteiger partial charge in [0.1, 0.15) is 0 Å². The highest BCUT2D eigenvalue weighted by Gasteiger charge is 2.18. The molecule has 0 spiro atoms. The molecule has 0 aliphatic rings. The molecule has 20 heavy (non-hydrogen) atoms. The zero-order valence-corrected chi connectivity index (χ0v) is 12.6. The molecule has 1 unspecified atom stereocenters. The first-order chi connectivity index (χ1) is 9.36. The highest BCUT2D eigenvalue weighted by Crippen LogP contribution is 2.15. The van der Waals surface area contributed by atoms with Gasteiger partial charge in [-0.1, -0.05) is 13.3 Å². The van der Waals surface area contributed by atoms with Crippen LogP contribution in [-0.4, -0.2) is 35.8 Å². The van der Waals surface area contributed by atoms with Crippen molar-refractivity contribution in [3.05, 3.63) is 12.3 Å². The summed E-state index contributed by atoms with van der Waals surface area (Å²) in [5, 5.41) is 12.6. The molecule has 1 heterocycles. The second-order valence-electron chi connectivity index (χ2n) is 4.69. The first kappa shape index (κ1) is 16.6. The van der Waals surface area contributed by atoms with Crippen molar-refractivity contribution in [1.29, 1.82) is 0 Å². The molecule has 2 N–H and O–H groups in total. The lowest BCUT2D eigenvalue weighted by Gasteiger charge is -2.14. The first-order valence-electron chi connectivity index (χ1n) is 6.56. The van der Waals surface area contributed by atoms with E-state index >= 15 is 0 Å². The highest BCUT2D eigenvalue weighted by molar-refractivity contribution is 7.89. The Morgan fingerprint density at radius 3 is 2.70 bits per heavy atom. The summed E-state index contributed by atoms with van der Waals surface area (Å²) in [6.45, 7) is 2.27. The lowest BCUT2D eigenvalue weighted by molar-refractivity contribution is -0.137. The Bertz CT molecular complexity index is 539. The van der Waals surface area contributed by atoms with Crippen molar-refractivity contribution in [3.63, 3.8) is 0 Å². The van der Waals surface area contributed by atoms with E-state index in [1.165, 1.54) is 16.9 Å². The van der Waals surface area contributed by atoms with E-state index in [9.17, 15) is 13.2 Å². The van der Waals surface area contributed by atoms with Gasteiger partial charge in [-0.3, -0.25) is 9.48 Å². The molecule has 114 valence electrons. The van der Waals surface area contributed by atoms with Crippen LogP contribution in [0.3, 0.4) is 0 Å². The van der Waals surface area contributed by atoms with Crippen molar-refractivity contribution in [2.45, 2.75) is 37.6 Å². The second-order valence-corrected chi connectivity index (χ2v) is 6.40. The molecule has 0 fully saturated rings. The Balaban J connectivity index is 2.46. The number of carboxylic acid groups (broad SMARTS) is 1. The van der Waals surface area contributed by atoms with Gasteiger partial charge in [0.25, 0.3) is 10.0 Å². The molecule has 7 nitrogen and oxygen atoms in total. The van der Waals surface area contributed by atoms with Crippen LogP contribution in [0.2, 0.25) is 0 Å². The molecule has 1 atom stereocenters. The van der Waals surface area contributed by atoms with Crippen molar-refractivity contribution in [2.24, 2.45) is 13.0 Å². The van der Waals surface area contributed by atoms with Gasteiger partial charge in [0.15, 0.2) is 5.03 Å². The molecule has 0 aliphatic carbocycles. The second kappa shape index (κ2) is 7.39. The third kappa shape index (κ3) is 4.93. The molecule has 0 saturated carbocycles. The van der Waals surface area contributed by atoms with Gasteiger partial charge in [-0.15, -0.1) is 0 Å². The standard InChI is InChI=1S/C12H21N3O4S/c1-3-10(4-5-12(16)17)6-9-14-20(18,19)11-7-8-13-15(11)2/h7-8,10,14H,3-6,9H2,1-2H3,(H,16,17). The number of rotatable bonds is 9. The smallest absolute Gasteiger partial charge is 0.303 e. The maximum absolute atomic E-state index is 12.0. The average Bonchev–Trinajstić information content (AvgIpc) is 2.80. The van der Waals surface area contributed by atoms with E-state index < -0.39 is 16.0 Å². The Morgan fingerprint density at radius 1 is 1.50 bits per heavy atom. The summed E-state index contributed by atoms with van der Waals surface area (Å²) < 4.78 is 27.8. The molecule has 1 aromatic heterocycles. The SMILES string of the molecule is CCC(CCNS(=O)(=O)c1ccnn1C)CCC(=O)O. The number of sulfonamides is 1. The predicted molar refractivity (Wildman–Crippen MR) is 73.7 cm³/mol. The molecule has 0 aliphatic heterocycles. The maximum Gasteiger partial charge on any atom is 0.303 e. The minimum Gasteiger partial charge on any atom is -0.481 e. The number of hydrogen-bond acceptors (Lipinski definition) is 4. The lowest BCUT2D eigenvalue weighted by Crippen LogP contribution is -2.28. The number of nitrogens with zero attached hydrogens (tertiary/aromatic N) is 2. The van der Waals surface area contributed by atoms with E-state index in [-0.39, 0.29) is 17.4 Å². The van der Waals surface area contributed by atoms with Crippen molar-refractivity contribution >= 4 is 16.0 Å². The van der Waals surface area contributed by atoms with Gasteiger partial charge in [-0.25, -0.2) is 13.1 Å². The van der Waals surface area contributed by atoms with Crippen LogP contribution in [0.1, 0.15) is 32.6 Å². The fraction of sp³-hybridized carbons (Fsp3) is 0.667. The summed E-state index contributed by atoms with van der Waals surface area (Å²) in [5.41, 5.74) is 0. The highest BCUT2D eigenvalue weighted by atomic mass is 32.2. The molecule has 0 radical (unpaired) electrons. The Labute approximate surface area is 119 Å². The molecule has 1 rings (SSSR count). The molecule has 1 aromatic rings. The van der Waals surface area contributed by atoms with Crippen molar-refractivity contribution < 1.29 is 18.3 Å². The van der Waals surface area contributed by atoms with Crippen LogP contribution in [0.4, 0.5) is 0 Å². The van der Waals surface area contributed by atoms with Crippen LogP contribution in [0.25, 0.3) is 0 Å². The summed E-state index contributed by atoms with van der Waals surface area (Å²) in [4.78, 5) is 10.5. The zero-order chi connectivity index (χ0) is 15.2. The lowest BCUT2D eigenvalue weighted by atomic mass is 9.97. The first-order valence-corrected chi connectivity index (χ1v) is 8.04. The zero-order valence-electron chi connectivity index (χ0n) is 11.7. The quantitative estimate of drug-likeness (QED) is 0.708. The molecular formula is C12H21N3O4S. The summed E-state index contributed by atoms with van der Waals surface area (Å²) in [6, 6.07) is 1.43. The van der Waals surface area contributed by atoms with Crippen LogP contribution in [0, 0.1) is 5.92 Å². The average molecular weight is 303 g/mol. The van der Waals surface area contributed by atoms with E-state index in [0.717, 1.165) is 6.42 Å². The summed E-state index contributed by atoms with van der Waals surface area (Å²) in [6.07, 6.45) is 3.57. The fourth-order valence-corrected chi connectivity index (χ4v) is 3.15. The Hall–Kier alpha value is -1.41. The van der Waals surface area contributed by atoms with Crippen LogP contribution in [0.5, 0.6) is 0 Å². The van der Waals surface area contributed by atoms with Crippen molar-refractivity contribution in [1.82, 2.24) is 14.5 Å². The molecule has 0 aromatic carbocycles. The van der Waals surface area contributed by atoms with Crippen LogP contribution in [-0.2, 0) is 21.9 Å². The summed E-state index contributed by atoms with van der Waals surface area (Å²) in [5.74, 6) is -0.612. The predicted octanol–water partition coefficient (Wildman–Crippen LogP) is 0.979. The Kier molecular flexibility index (Phi) is 6.15. The number of carbonyl (C=O) groups is 1. The molecular weight excluding hydrogens is 282 g/mol. The number of aliphatic carboxylic acids is 1. The van der Waals surface area contributed by atoms with Gasteiger partial charge in [0, 0.05) is 20.0 Å². The van der Waals surface area contributed by atoms with E-state index in [4.69, 9.17) is 5.11 Å². The monoisotopic (exact) mass is 303 g/mol. The van der Waals surface area contributed by atoms with Crippen molar-refractivity contribution in [2.75, 3.05) is 6.54 Å². The minimum absolute atomic E-state index is 0.118. The summed E-state index contributed by atoms with van der Waals surface area (Å²) in [7, 11) is -1.98. The van der Waals surface area contributed by atoms with Crippen LogP contribution in [0.15, 0.2) is 17.3 Å². The van der Waals surface area contributed by atoms with E-state index in [1.807, 2.05) is 6.92 Å². The third-order valence-electron chi connectivity index (χ3n) is 3.24. The fourth-order valence-electron chi connectivity index (χ4n) is 1.98. The normalized spacial score (nSPS) is 13.3. The molecule has 0 amide bonds. The number of carboxylic acids is 1. The van der Waals surface area contributed by atoms with Gasteiger partial charge in [0.05, 0.1) is 6.20 Å². The largest absolute Gasteiger partial charge is 0.481 e. The third-order valence-corrected chi connectivity index (χ3v) is 4.77. The van der Waals surface area contributed by atoms with Gasteiger partial charge >= 0.3 is 5.97 Å². The van der Waals surface area contributed by atoms with Gasteiger partial charge in [-0.2, -0.15) is 5.10 Å². The summed E-state index contributed by atoms with van der Waals surface area (Å²) >= 11 is 0. The molecule has 0 saturated heterocycles. The molecule has 0 bridgehead atoms. The van der Waals surface area contributed by atoms with E-state index in [1.54, 1.807) is 7.05 Å². The number of aromatic nitrogens is 2. The number of aryl methyl sites for hydroxylation is 1. The van der Waals surface area contributed by atoms with E-state index in [2.05, 4.69) is 9.82 Å².